The molecule has 0 amide bonds. The number of halogens is 6. The largest absolute Gasteiger partial charge is 0.326 e. The quantitative estimate of drug-likeness (QED) is 0.485. The first kappa shape index (κ1) is 24.2. The number of hydrogen-bond acceptors (Lipinski definition) is 2. The topological polar surface area (TPSA) is 52.0 Å². The Hall–Kier alpha value is -2.06. The van der Waals surface area contributed by atoms with Crippen LogP contribution in [0.15, 0.2) is 48.5 Å². The van der Waals surface area contributed by atoms with E-state index in [0.717, 1.165) is 0 Å². The van der Waals surface area contributed by atoms with E-state index < -0.39 is 49.9 Å². The Morgan fingerprint density at radius 3 is 1.63 bits per heavy atom. The smallest absolute Gasteiger partial charge is 0.272 e. The summed E-state index contributed by atoms with van der Waals surface area (Å²) in [5.74, 6) is -3.01. The molecule has 0 aromatic heterocycles. The van der Waals surface area contributed by atoms with Crippen molar-refractivity contribution in [1.29, 1.82) is 0 Å². The van der Waals surface area contributed by atoms with Gasteiger partial charge in [0, 0.05) is 31.3 Å². The highest BCUT2D eigenvalue weighted by Gasteiger charge is 2.44. The van der Waals surface area contributed by atoms with E-state index in [4.69, 9.17) is 11.5 Å². The first-order valence-corrected chi connectivity index (χ1v) is 9.68. The molecule has 0 aliphatic carbocycles. The first-order valence-electron chi connectivity index (χ1n) is 9.68. The average Bonchev–Trinajstić information content (AvgIpc) is 2.76. The first-order chi connectivity index (χ1) is 14.3. The number of alkyl halides is 6. The van der Waals surface area contributed by atoms with Gasteiger partial charge in [0.1, 0.15) is 12.3 Å². The Labute approximate surface area is 172 Å². The van der Waals surface area contributed by atoms with Crippen molar-refractivity contribution >= 4 is 0 Å². The van der Waals surface area contributed by atoms with Crippen molar-refractivity contribution in [3.63, 3.8) is 0 Å². The van der Waals surface area contributed by atoms with Gasteiger partial charge in [-0.3, -0.25) is 4.39 Å². The zero-order chi connectivity index (χ0) is 22.3. The normalized spacial score (nSPS) is 16.8. The van der Waals surface area contributed by atoms with Gasteiger partial charge in [-0.2, -0.15) is 0 Å². The molecule has 0 fully saturated rings. The lowest BCUT2D eigenvalue weighted by Crippen LogP contribution is -2.37. The van der Waals surface area contributed by atoms with Crippen LogP contribution in [0.3, 0.4) is 0 Å². The lowest BCUT2D eigenvalue weighted by Gasteiger charge is -2.34. The summed E-state index contributed by atoms with van der Waals surface area (Å²) in [6.45, 7) is -0.854. The monoisotopic (exact) mass is 432 g/mol. The van der Waals surface area contributed by atoms with Crippen LogP contribution < -0.4 is 11.5 Å². The van der Waals surface area contributed by atoms with Gasteiger partial charge < -0.3 is 11.5 Å². The molecule has 2 nitrogen and oxygen atoms in total. The molecule has 4 N–H and O–H groups in total. The molecule has 0 heterocycles. The molecule has 0 radical (unpaired) electrons. The third-order valence-corrected chi connectivity index (χ3v) is 5.19. The van der Waals surface area contributed by atoms with Gasteiger partial charge in [-0.15, -0.1) is 0 Å². The molecule has 5 atom stereocenters. The Balaban J connectivity index is 2.66. The maximum absolute atomic E-state index is 15.2. The number of hydrogen-bond donors (Lipinski definition) is 2. The summed E-state index contributed by atoms with van der Waals surface area (Å²) < 4.78 is 83.5. The highest BCUT2D eigenvalue weighted by molar-refractivity contribution is 5.35. The Bertz CT molecular complexity index is 788. The molecule has 0 saturated heterocycles. The molecule has 166 valence electrons. The summed E-state index contributed by atoms with van der Waals surface area (Å²) in [7, 11) is 0. The van der Waals surface area contributed by atoms with E-state index in [1.54, 1.807) is 18.2 Å². The van der Waals surface area contributed by atoms with Crippen molar-refractivity contribution < 1.29 is 26.3 Å². The van der Waals surface area contributed by atoms with Crippen LogP contribution in [0.2, 0.25) is 0 Å². The van der Waals surface area contributed by atoms with Crippen molar-refractivity contribution in [3.8, 4) is 0 Å². The summed E-state index contributed by atoms with van der Waals surface area (Å²) in [6, 6.07) is 12.2. The second kappa shape index (κ2) is 11.4. The molecular weight excluding hydrogens is 406 g/mol. The molecule has 5 unspecified atom stereocenters. The third-order valence-electron chi connectivity index (χ3n) is 5.19. The highest BCUT2D eigenvalue weighted by Crippen LogP contribution is 2.44. The van der Waals surface area contributed by atoms with Crippen molar-refractivity contribution in [2.75, 3.05) is 6.67 Å². The third kappa shape index (κ3) is 5.76. The zero-order valence-electron chi connectivity index (χ0n) is 16.3. The van der Waals surface area contributed by atoms with Crippen LogP contribution >= 0.6 is 0 Å². The minimum absolute atomic E-state index is 0.0717. The minimum atomic E-state index is -3.59. The van der Waals surface area contributed by atoms with E-state index in [1.807, 2.05) is 0 Å². The van der Waals surface area contributed by atoms with E-state index in [2.05, 4.69) is 0 Å². The summed E-state index contributed by atoms with van der Waals surface area (Å²) in [5, 5.41) is 0. The van der Waals surface area contributed by atoms with Crippen LogP contribution in [0.4, 0.5) is 26.3 Å². The van der Waals surface area contributed by atoms with Crippen LogP contribution in [0.1, 0.15) is 40.5 Å². The molecule has 2 rings (SSSR count). The fraction of sp³-hybridized carbons (Fsp3) is 0.455. The van der Waals surface area contributed by atoms with E-state index in [-0.39, 0.29) is 24.2 Å². The fourth-order valence-corrected chi connectivity index (χ4v) is 3.71. The summed E-state index contributed by atoms with van der Waals surface area (Å²) >= 11 is 0. The predicted octanol–water partition coefficient (Wildman–Crippen LogP) is 5.11. The van der Waals surface area contributed by atoms with Gasteiger partial charge in [0.25, 0.3) is 6.43 Å². The standard InChI is InChI=1S/C22H26F6N2/c23-8-7-17(24)18(15-5-1-3-13(9-15)11-29)19(20(25)21(26)22(27)28)16-6-2-4-14(10-16)12-30/h1-6,9-10,17-22H,7-8,11-12,29-30H2. The molecule has 0 aliphatic heterocycles. The van der Waals surface area contributed by atoms with E-state index >= 15 is 8.78 Å². The molecule has 0 spiro atoms. The van der Waals surface area contributed by atoms with Crippen molar-refractivity contribution in [2.24, 2.45) is 11.5 Å². The fourth-order valence-electron chi connectivity index (χ4n) is 3.71. The lowest BCUT2D eigenvalue weighted by molar-refractivity contribution is -0.0120. The van der Waals surface area contributed by atoms with Gasteiger partial charge in [-0.1, -0.05) is 48.5 Å². The van der Waals surface area contributed by atoms with Gasteiger partial charge in [-0.25, -0.2) is 22.0 Å². The molecule has 0 aliphatic rings. The van der Waals surface area contributed by atoms with Crippen LogP contribution in [-0.2, 0) is 13.1 Å². The van der Waals surface area contributed by atoms with Crippen LogP contribution in [0, 0.1) is 0 Å². The predicted molar refractivity (Wildman–Crippen MR) is 105 cm³/mol. The molecule has 2 aromatic rings. The number of nitrogens with two attached hydrogens (primary N) is 2. The van der Waals surface area contributed by atoms with Gasteiger partial charge in [0.15, 0.2) is 6.17 Å². The highest BCUT2D eigenvalue weighted by atomic mass is 19.3. The van der Waals surface area contributed by atoms with Crippen LogP contribution in [-0.4, -0.2) is 31.6 Å². The summed E-state index contributed by atoms with van der Waals surface area (Å²) in [6.07, 6.45) is -12.0. The Kier molecular flexibility index (Phi) is 9.17. The second-order valence-electron chi connectivity index (χ2n) is 7.17. The van der Waals surface area contributed by atoms with Crippen molar-refractivity contribution in [3.05, 3.63) is 70.8 Å². The summed E-state index contributed by atoms with van der Waals surface area (Å²) in [5.41, 5.74) is 12.7. The summed E-state index contributed by atoms with van der Waals surface area (Å²) in [4.78, 5) is 0. The number of benzene rings is 2. The maximum atomic E-state index is 15.2. The number of rotatable bonds is 11. The zero-order valence-corrected chi connectivity index (χ0v) is 16.3. The molecule has 8 heteroatoms. The van der Waals surface area contributed by atoms with Crippen LogP contribution in [0.25, 0.3) is 0 Å². The minimum Gasteiger partial charge on any atom is -0.326 e. The molecule has 2 aromatic carbocycles. The molecule has 0 bridgehead atoms. The van der Waals surface area contributed by atoms with Gasteiger partial charge >= 0.3 is 0 Å². The Morgan fingerprint density at radius 2 is 1.20 bits per heavy atom. The van der Waals surface area contributed by atoms with E-state index in [9.17, 15) is 17.6 Å². The van der Waals surface area contributed by atoms with Gasteiger partial charge in [0.2, 0.25) is 0 Å². The Morgan fingerprint density at radius 1 is 0.700 bits per heavy atom. The molecule has 0 saturated carbocycles. The van der Waals surface area contributed by atoms with Crippen molar-refractivity contribution in [2.45, 2.75) is 56.3 Å². The van der Waals surface area contributed by atoms with E-state index in [1.165, 1.54) is 30.3 Å². The van der Waals surface area contributed by atoms with E-state index in [0.29, 0.717) is 11.1 Å². The second-order valence-corrected chi connectivity index (χ2v) is 7.17. The van der Waals surface area contributed by atoms with Gasteiger partial charge in [-0.05, 0) is 22.3 Å². The van der Waals surface area contributed by atoms with Crippen molar-refractivity contribution in [1.82, 2.24) is 0 Å². The molecule has 30 heavy (non-hydrogen) atoms. The maximum Gasteiger partial charge on any atom is 0.272 e. The molecular formula is C22H26F6N2. The SMILES string of the molecule is NCc1cccc(C(C(F)CCF)C(c2cccc(CN)c2)C(F)C(F)C(F)F)c1. The van der Waals surface area contributed by atoms with Gasteiger partial charge in [0.05, 0.1) is 6.67 Å². The average molecular weight is 432 g/mol. The van der Waals surface area contributed by atoms with Crippen LogP contribution in [0.5, 0.6) is 0 Å². The lowest BCUT2D eigenvalue weighted by atomic mass is 9.74.